The van der Waals surface area contributed by atoms with E-state index >= 15 is 0 Å². The molecule has 3 aromatic rings. The number of para-hydroxylation sites is 1. The molecular formula is C19H19N5O2. The van der Waals surface area contributed by atoms with Gasteiger partial charge >= 0.3 is 0 Å². The lowest BCUT2D eigenvalue weighted by molar-refractivity contribution is -0.120. The molecule has 2 amide bonds. The number of nitrogens with one attached hydrogen (secondary N) is 2. The fourth-order valence-electron chi connectivity index (χ4n) is 2.40. The van der Waals surface area contributed by atoms with Gasteiger partial charge < -0.3 is 10.6 Å². The predicted molar refractivity (Wildman–Crippen MR) is 96.8 cm³/mol. The average molecular weight is 349 g/mol. The Balaban J connectivity index is 1.41. The molecule has 0 aliphatic rings. The van der Waals surface area contributed by atoms with Gasteiger partial charge in [0.2, 0.25) is 5.91 Å². The van der Waals surface area contributed by atoms with Crippen molar-refractivity contribution in [2.75, 3.05) is 13.1 Å². The van der Waals surface area contributed by atoms with Gasteiger partial charge in [-0.25, -0.2) is 4.68 Å². The van der Waals surface area contributed by atoms with Crippen molar-refractivity contribution in [3.8, 4) is 5.69 Å². The summed E-state index contributed by atoms with van der Waals surface area (Å²) in [5, 5.41) is 9.78. The van der Waals surface area contributed by atoms with E-state index in [1.165, 1.54) is 6.20 Å². The molecule has 2 aromatic heterocycles. The van der Waals surface area contributed by atoms with Crippen molar-refractivity contribution < 1.29 is 9.59 Å². The van der Waals surface area contributed by atoms with Crippen LogP contribution in [0.5, 0.6) is 0 Å². The highest BCUT2D eigenvalue weighted by Crippen LogP contribution is 2.07. The lowest BCUT2D eigenvalue weighted by Crippen LogP contribution is -2.35. The van der Waals surface area contributed by atoms with E-state index in [4.69, 9.17) is 0 Å². The quantitative estimate of drug-likeness (QED) is 0.630. The Kier molecular flexibility index (Phi) is 5.72. The Hall–Kier alpha value is -3.48. The van der Waals surface area contributed by atoms with E-state index in [-0.39, 0.29) is 18.2 Å². The summed E-state index contributed by atoms with van der Waals surface area (Å²) < 4.78 is 1.73. The first-order chi connectivity index (χ1) is 12.7. The zero-order valence-electron chi connectivity index (χ0n) is 14.1. The minimum Gasteiger partial charge on any atom is -0.354 e. The number of nitrogens with zero attached hydrogens (tertiary/aromatic N) is 3. The molecule has 0 spiro atoms. The van der Waals surface area contributed by atoms with E-state index in [0.29, 0.717) is 18.7 Å². The molecule has 0 saturated carbocycles. The van der Waals surface area contributed by atoms with Crippen LogP contribution in [0.2, 0.25) is 0 Å². The first-order valence-corrected chi connectivity index (χ1v) is 8.26. The second-order valence-electron chi connectivity index (χ2n) is 5.65. The predicted octanol–water partition coefficient (Wildman–Crippen LogP) is 1.36. The van der Waals surface area contributed by atoms with Gasteiger partial charge in [0, 0.05) is 31.7 Å². The van der Waals surface area contributed by atoms with Crippen LogP contribution in [0, 0.1) is 0 Å². The molecule has 0 radical (unpaired) electrons. The van der Waals surface area contributed by atoms with Gasteiger partial charge in [-0.3, -0.25) is 14.6 Å². The summed E-state index contributed by atoms with van der Waals surface area (Å²) >= 11 is 0. The molecule has 0 fully saturated rings. The molecule has 7 heteroatoms. The highest BCUT2D eigenvalue weighted by atomic mass is 16.2. The molecule has 26 heavy (non-hydrogen) atoms. The zero-order valence-corrected chi connectivity index (χ0v) is 14.1. The van der Waals surface area contributed by atoms with Gasteiger partial charge in [0.25, 0.3) is 5.91 Å². The van der Waals surface area contributed by atoms with Gasteiger partial charge in [-0.1, -0.05) is 18.2 Å². The Morgan fingerprint density at radius 1 is 0.962 bits per heavy atom. The van der Waals surface area contributed by atoms with Crippen LogP contribution in [0.25, 0.3) is 5.69 Å². The van der Waals surface area contributed by atoms with Crippen LogP contribution < -0.4 is 10.6 Å². The van der Waals surface area contributed by atoms with Gasteiger partial charge in [-0.15, -0.1) is 0 Å². The first-order valence-electron chi connectivity index (χ1n) is 8.26. The van der Waals surface area contributed by atoms with E-state index in [2.05, 4.69) is 20.7 Å². The lowest BCUT2D eigenvalue weighted by Gasteiger charge is -2.06. The minimum absolute atomic E-state index is 0.117. The van der Waals surface area contributed by atoms with Crippen molar-refractivity contribution in [3.05, 3.63) is 78.4 Å². The topological polar surface area (TPSA) is 88.9 Å². The summed E-state index contributed by atoms with van der Waals surface area (Å²) in [6.07, 6.45) is 6.86. The van der Waals surface area contributed by atoms with Gasteiger partial charge in [0.05, 0.1) is 23.9 Å². The van der Waals surface area contributed by atoms with E-state index in [1.54, 1.807) is 29.2 Å². The number of hydrogen-bond acceptors (Lipinski definition) is 4. The van der Waals surface area contributed by atoms with E-state index in [1.807, 2.05) is 36.5 Å². The van der Waals surface area contributed by atoms with Gasteiger partial charge in [-0.2, -0.15) is 5.10 Å². The van der Waals surface area contributed by atoms with Crippen LogP contribution in [-0.4, -0.2) is 39.7 Å². The smallest absolute Gasteiger partial charge is 0.252 e. The number of pyridine rings is 1. The number of carbonyl (C=O) groups excluding carboxylic acids is 2. The third-order valence-electron chi connectivity index (χ3n) is 3.68. The van der Waals surface area contributed by atoms with Crippen LogP contribution in [0.4, 0.5) is 0 Å². The molecule has 0 bridgehead atoms. The molecule has 132 valence electrons. The van der Waals surface area contributed by atoms with Crippen LogP contribution in [-0.2, 0) is 11.2 Å². The molecule has 0 unspecified atom stereocenters. The van der Waals surface area contributed by atoms with Gasteiger partial charge in [0.1, 0.15) is 0 Å². The van der Waals surface area contributed by atoms with Crippen LogP contribution >= 0.6 is 0 Å². The molecule has 0 aliphatic heterocycles. The Morgan fingerprint density at radius 2 is 1.77 bits per heavy atom. The van der Waals surface area contributed by atoms with Crippen LogP contribution in [0.3, 0.4) is 0 Å². The number of hydrogen-bond donors (Lipinski definition) is 2. The monoisotopic (exact) mass is 349 g/mol. The molecule has 0 saturated heterocycles. The number of carbonyl (C=O) groups is 2. The molecular weight excluding hydrogens is 330 g/mol. The summed E-state index contributed by atoms with van der Waals surface area (Å²) in [4.78, 5) is 27.7. The molecule has 0 aliphatic carbocycles. The summed E-state index contributed by atoms with van der Waals surface area (Å²) in [7, 11) is 0. The molecule has 2 N–H and O–H groups in total. The first kappa shape index (κ1) is 17.3. The molecule has 2 heterocycles. The standard InChI is InChI=1S/C19H19N5O2/c25-18(21-9-10-22-19(26)16-5-4-8-20-13-16)11-15-12-23-24(14-15)17-6-2-1-3-7-17/h1-8,12-14H,9-11H2,(H,21,25)(H,22,26). The normalized spacial score (nSPS) is 10.3. The second-order valence-corrected chi connectivity index (χ2v) is 5.65. The average Bonchev–Trinajstić information content (AvgIpc) is 3.15. The SMILES string of the molecule is O=C(Cc1cnn(-c2ccccc2)c1)NCCNC(=O)c1cccnc1. The van der Waals surface area contributed by atoms with Crippen LogP contribution in [0.15, 0.2) is 67.3 Å². The summed E-state index contributed by atoms with van der Waals surface area (Å²) in [5.41, 5.74) is 2.26. The van der Waals surface area contributed by atoms with Gasteiger partial charge in [0.15, 0.2) is 0 Å². The minimum atomic E-state index is -0.212. The van der Waals surface area contributed by atoms with Crippen LogP contribution in [0.1, 0.15) is 15.9 Å². The van der Waals surface area contributed by atoms with Gasteiger partial charge in [-0.05, 0) is 29.8 Å². The number of aromatic nitrogens is 3. The Bertz CT molecular complexity index is 862. The van der Waals surface area contributed by atoms with Crippen molar-refractivity contribution in [2.45, 2.75) is 6.42 Å². The fourth-order valence-corrected chi connectivity index (χ4v) is 2.40. The fraction of sp³-hybridized carbons (Fsp3) is 0.158. The second kappa shape index (κ2) is 8.57. The zero-order chi connectivity index (χ0) is 18.2. The number of benzene rings is 1. The van der Waals surface area contributed by atoms with E-state index < -0.39 is 0 Å². The molecule has 1 aromatic carbocycles. The maximum atomic E-state index is 12.0. The number of amides is 2. The third-order valence-corrected chi connectivity index (χ3v) is 3.68. The summed E-state index contributed by atoms with van der Waals surface area (Å²) in [5.74, 6) is -0.329. The van der Waals surface area contributed by atoms with Crippen molar-refractivity contribution in [1.82, 2.24) is 25.4 Å². The third kappa shape index (κ3) is 4.76. The van der Waals surface area contributed by atoms with Crippen molar-refractivity contribution in [3.63, 3.8) is 0 Å². The van der Waals surface area contributed by atoms with E-state index in [9.17, 15) is 9.59 Å². The van der Waals surface area contributed by atoms with Crippen molar-refractivity contribution >= 4 is 11.8 Å². The highest BCUT2D eigenvalue weighted by molar-refractivity contribution is 5.93. The van der Waals surface area contributed by atoms with E-state index in [0.717, 1.165) is 11.3 Å². The Labute approximate surface area is 151 Å². The Morgan fingerprint density at radius 3 is 2.54 bits per heavy atom. The summed E-state index contributed by atoms with van der Waals surface area (Å²) in [6.45, 7) is 0.709. The molecule has 0 atom stereocenters. The molecule has 3 rings (SSSR count). The maximum absolute atomic E-state index is 12.0. The lowest BCUT2D eigenvalue weighted by atomic mass is 10.2. The summed E-state index contributed by atoms with van der Waals surface area (Å²) in [6, 6.07) is 13.1. The number of rotatable bonds is 7. The van der Waals surface area contributed by atoms with Crippen molar-refractivity contribution in [2.24, 2.45) is 0 Å². The molecule has 7 nitrogen and oxygen atoms in total. The maximum Gasteiger partial charge on any atom is 0.252 e. The highest BCUT2D eigenvalue weighted by Gasteiger charge is 2.07. The van der Waals surface area contributed by atoms with Crippen molar-refractivity contribution in [1.29, 1.82) is 0 Å². The largest absolute Gasteiger partial charge is 0.354 e.